The number of carbonyl (C=O) groups is 2. The van der Waals surface area contributed by atoms with Crippen LogP contribution in [0.25, 0.3) is 0 Å². The minimum atomic E-state index is -0.871. The molecule has 0 aromatic rings. The van der Waals surface area contributed by atoms with E-state index in [0.29, 0.717) is 19.7 Å². The molecule has 7 heteroatoms. The zero-order valence-electron chi connectivity index (χ0n) is 11.1. The average molecular weight is 262 g/mol. The van der Waals surface area contributed by atoms with Crippen LogP contribution in [0.5, 0.6) is 0 Å². The van der Waals surface area contributed by atoms with Gasteiger partial charge in [0.25, 0.3) is 0 Å². The van der Waals surface area contributed by atoms with Gasteiger partial charge in [0.15, 0.2) is 0 Å². The quantitative estimate of drug-likeness (QED) is 0.546. The van der Waals surface area contributed by atoms with Gasteiger partial charge in [0, 0.05) is 33.7 Å². The number of hydrogen-bond acceptors (Lipinski definition) is 4. The molecule has 0 aromatic carbocycles. The Hall–Kier alpha value is -1.34. The molecular formula is C11H22N2O5. The van der Waals surface area contributed by atoms with Gasteiger partial charge in [0.2, 0.25) is 0 Å². The molecule has 0 aliphatic carbocycles. The molecule has 0 rings (SSSR count). The Morgan fingerprint density at radius 3 is 2.33 bits per heavy atom. The third kappa shape index (κ3) is 8.77. The van der Waals surface area contributed by atoms with Gasteiger partial charge in [-0.2, -0.15) is 0 Å². The molecule has 18 heavy (non-hydrogen) atoms. The van der Waals surface area contributed by atoms with Crippen LogP contribution in [0, 0.1) is 5.92 Å². The number of nitrogens with one attached hydrogen (secondary N) is 2. The van der Waals surface area contributed by atoms with Crippen molar-refractivity contribution in [3.63, 3.8) is 0 Å². The minimum absolute atomic E-state index is 0.0324. The number of rotatable bonds is 9. The molecule has 0 radical (unpaired) electrons. The summed E-state index contributed by atoms with van der Waals surface area (Å²) >= 11 is 0. The number of carbonyl (C=O) groups excluding carboxylic acids is 1. The summed E-state index contributed by atoms with van der Waals surface area (Å²) in [5.41, 5.74) is 0. The summed E-state index contributed by atoms with van der Waals surface area (Å²) in [6.45, 7) is 2.81. The highest BCUT2D eigenvalue weighted by Crippen LogP contribution is 1.98. The van der Waals surface area contributed by atoms with Crippen molar-refractivity contribution in [3.8, 4) is 0 Å². The fraction of sp³-hybridized carbons (Fsp3) is 0.818. The average Bonchev–Trinajstić information content (AvgIpc) is 2.31. The van der Waals surface area contributed by atoms with Crippen molar-refractivity contribution in [2.75, 3.05) is 33.9 Å². The van der Waals surface area contributed by atoms with Gasteiger partial charge in [-0.25, -0.2) is 4.79 Å². The Morgan fingerprint density at radius 1 is 1.22 bits per heavy atom. The second-order valence-corrected chi connectivity index (χ2v) is 4.11. The SMILES string of the molecule is COCC(CNC(=O)NCC(C)CC(=O)O)OC. The Balaban J connectivity index is 3.73. The summed E-state index contributed by atoms with van der Waals surface area (Å²) in [5.74, 6) is -0.977. The molecule has 0 heterocycles. The second-order valence-electron chi connectivity index (χ2n) is 4.11. The highest BCUT2D eigenvalue weighted by Gasteiger charge is 2.11. The Kier molecular flexibility index (Phi) is 8.95. The zero-order valence-corrected chi connectivity index (χ0v) is 11.1. The lowest BCUT2D eigenvalue weighted by Gasteiger charge is -2.16. The highest BCUT2D eigenvalue weighted by atomic mass is 16.5. The first-order chi connectivity index (χ1) is 8.49. The van der Waals surface area contributed by atoms with E-state index in [1.165, 1.54) is 7.11 Å². The van der Waals surface area contributed by atoms with E-state index in [2.05, 4.69) is 10.6 Å². The molecule has 2 atom stereocenters. The van der Waals surface area contributed by atoms with Gasteiger partial charge >= 0.3 is 12.0 Å². The van der Waals surface area contributed by atoms with Gasteiger partial charge in [0.05, 0.1) is 12.7 Å². The first-order valence-corrected chi connectivity index (χ1v) is 5.74. The predicted molar refractivity (Wildman–Crippen MR) is 65.5 cm³/mol. The fourth-order valence-corrected chi connectivity index (χ4v) is 1.30. The number of urea groups is 1. The lowest BCUT2D eigenvalue weighted by Crippen LogP contribution is -2.42. The molecular weight excluding hydrogens is 240 g/mol. The van der Waals surface area contributed by atoms with Crippen LogP contribution in [-0.2, 0) is 14.3 Å². The van der Waals surface area contributed by atoms with Gasteiger partial charge in [0.1, 0.15) is 0 Å². The molecule has 0 aliphatic heterocycles. The van der Waals surface area contributed by atoms with E-state index in [1.807, 2.05) is 0 Å². The van der Waals surface area contributed by atoms with Crippen molar-refractivity contribution in [2.24, 2.45) is 5.92 Å². The van der Waals surface area contributed by atoms with Crippen LogP contribution in [-0.4, -0.2) is 57.1 Å². The maximum atomic E-state index is 11.4. The van der Waals surface area contributed by atoms with Crippen LogP contribution in [0.4, 0.5) is 4.79 Å². The summed E-state index contributed by atoms with van der Waals surface area (Å²) in [5, 5.41) is 13.8. The van der Waals surface area contributed by atoms with Crippen molar-refractivity contribution < 1.29 is 24.2 Å². The van der Waals surface area contributed by atoms with Crippen LogP contribution < -0.4 is 10.6 Å². The van der Waals surface area contributed by atoms with Crippen LogP contribution in [0.2, 0.25) is 0 Å². The zero-order chi connectivity index (χ0) is 14.0. The van der Waals surface area contributed by atoms with Gasteiger partial charge in [-0.05, 0) is 5.92 Å². The Bertz CT molecular complexity index is 260. The lowest BCUT2D eigenvalue weighted by molar-refractivity contribution is -0.137. The number of carboxylic acid groups (broad SMARTS) is 1. The molecule has 2 amide bonds. The molecule has 0 saturated carbocycles. The molecule has 106 valence electrons. The van der Waals surface area contributed by atoms with Crippen molar-refractivity contribution in [3.05, 3.63) is 0 Å². The number of hydrogen-bond donors (Lipinski definition) is 3. The van der Waals surface area contributed by atoms with E-state index in [0.717, 1.165) is 0 Å². The lowest BCUT2D eigenvalue weighted by atomic mass is 10.1. The standard InChI is InChI=1S/C11H22N2O5/c1-8(4-10(14)15)5-12-11(16)13-6-9(18-3)7-17-2/h8-9H,4-7H2,1-3H3,(H,14,15)(H2,12,13,16). The van der Waals surface area contributed by atoms with E-state index < -0.39 is 5.97 Å². The molecule has 0 aliphatic rings. The smallest absolute Gasteiger partial charge is 0.314 e. The van der Waals surface area contributed by atoms with Crippen molar-refractivity contribution in [1.82, 2.24) is 10.6 Å². The van der Waals surface area contributed by atoms with Gasteiger partial charge in [-0.1, -0.05) is 6.92 Å². The molecule has 0 bridgehead atoms. The molecule has 0 fully saturated rings. The first kappa shape index (κ1) is 16.7. The summed E-state index contributed by atoms with van der Waals surface area (Å²) in [7, 11) is 3.10. The number of ether oxygens (including phenoxy) is 2. The van der Waals surface area contributed by atoms with Crippen LogP contribution in [0.3, 0.4) is 0 Å². The van der Waals surface area contributed by atoms with E-state index >= 15 is 0 Å². The first-order valence-electron chi connectivity index (χ1n) is 5.74. The molecule has 0 aromatic heterocycles. The summed E-state index contributed by atoms with van der Waals surface area (Å²) in [6.07, 6.45) is -0.165. The van der Waals surface area contributed by atoms with Gasteiger partial charge in [-0.3, -0.25) is 4.79 Å². The summed E-state index contributed by atoms with van der Waals surface area (Å²) in [4.78, 5) is 21.8. The topological polar surface area (TPSA) is 96.9 Å². The van der Waals surface area contributed by atoms with E-state index in [-0.39, 0.29) is 24.5 Å². The third-order valence-electron chi connectivity index (χ3n) is 2.31. The summed E-state index contributed by atoms with van der Waals surface area (Å²) in [6, 6.07) is -0.342. The van der Waals surface area contributed by atoms with Crippen molar-refractivity contribution in [1.29, 1.82) is 0 Å². The second kappa shape index (κ2) is 9.67. The Labute approximate surface area is 107 Å². The fourth-order valence-electron chi connectivity index (χ4n) is 1.30. The van der Waals surface area contributed by atoms with Crippen LogP contribution in [0.1, 0.15) is 13.3 Å². The maximum Gasteiger partial charge on any atom is 0.314 e. The van der Waals surface area contributed by atoms with Crippen LogP contribution >= 0.6 is 0 Å². The molecule has 2 unspecified atom stereocenters. The van der Waals surface area contributed by atoms with E-state index in [9.17, 15) is 9.59 Å². The minimum Gasteiger partial charge on any atom is -0.481 e. The van der Waals surface area contributed by atoms with Crippen LogP contribution in [0.15, 0.2) is 0 Å². The number of amides is 2. The number of aliphatic carboxylic acids is 1. The molecule has 0 saturated heterocycles. The summed E-state index contributed by atoms with van der Waals surface area (Å²) < 4.78 is 9.98. The highest BCUT2D eigenvalue weighted by molar-refractivity contribution is 5.74. The molecule has 3 N–H and O–H groups in total. The largest absolute Gasteiger partial charge is 0.481 e. The number of methoxy groups -OCH3 is 2. The monoisotopic (exact) mass is 262 g/mol. The Morgan fingerprint density at radius 2 is 1.83 bits per heavy atom. The van der Waals surface area contributed by atoms with Gasteiger partial charge < -0.3 is 25.2 Å². The maximum absolute atomic E-state index is 11.4. The molecule has 7 nitrogen and oxygen atoms in total. The van der Waals surface area contributed by atoms with Crippen molar-refractivity contribution in [2.45, 2.75) is 19.4 Å². The molecule has 0 spiro atoms. The van der Waals surface area contributed by atoms with E-state index in [4.69, 9.17) is 14.6 Å². The van der Waals surface area contributed by atoms with Crippen molar-refractivity contribution >= 4 is 12.0 Å². The predicted octanol–water partition coefficient (Wildman–Crippen LogP) is 0.0578. The number of carboxylic acids is 1. The third-order valence-corrected chi connectivity index (χ3v) is 2.31. The van der Waals surface area contributed by atoms with Gasteiger partial charge in [-0.15, -0.1) is 0 Å². The normalized spacial score (nSPS) is 13.7. The van der Waals surface area contributed by atoms with E-state index in [1.54, 1.807) is 14.0 Å².